The molecule has 1 aliphatic heterocycles. The number of anilines is 1. The Kier molecular flexibility index (Phi) is 5.24. The second-order valence-electron chi connectivity index (χ2n) is 6.16. The Labute approximate surface area is 156 Å². The number of benzene rings is 2. The van der Waals surface area contributed by atoms with E-state index in [0.29, 0.717) is 5.69 Å². The monoisotopic (exact) mass is 367 g/mol. The first-order chi connectivity index (χ1) is 13.0. The van der Waals surface area contributed by atoms with E-state index < -0.39 is 17.9 Å². The maximum absolute atomic E-state index is 13.6. The molecule has 1 aliphatic rings. The van der Waals surface area contributed by atoms with Crippen molar-refractivity contribution >= 4 is 11.6 Å². The standard InChI is InChI=1S/C21H19F2N3O/c1-3-6-15-9-11-16(12-10-15)17-7-4-5-8-18(17)24-20(27)21(19(22)23)13-14-26(2)25-21/h4-5,7-14,19,25H,1-2H3,(H,24,27). The normalized spacial score (nSPS) is 18.3. The van der Waals surface area contributed by atoms with Gasteiger partial charge in [-0.1, -0.05) is 36.3 Å². The summed E-state index contributed by atoms with van der Waals surface area (Å²) in [7, 11) is 1.56. The molecule has 138 valence electrons. The van der Waals surface area contributed by atoms with E-state index >= 15 is 0 Å². The molecule has 2 N–H and O–H groups in total. The summed E-state index contributed by atoms with van der Waals surface area (Å²) in [6, 6.07) is 14.6. The lowest BCUT2D eigenvalue weighted by atomic mass is 9.98. The Bertz CT molecular complexity index is 928. The van der Waals surface area contributed by atoms with E-state index in [2.05, 4.69) is 22.6 Å². The minimum absolute atomic E-state index is 0.460. The zero-order chi connectivity index (χ0) is 19.4. The predicted molar refractivity (Wildman–Crippen MR) is 102 cm³/mol. The number of hydrogen-bond donors (Lipinski definition) is 2. The van der Waals surface area contributed by atoms with Crippen molar-refractivity contribution in [3.05, 3.63) is 66.4 Å². The summed E-state index contributed by atoms with van der Waals surface area (Å²) in [5, 5.41) is 3.98. The van der Waals surface area contributed by atoms with Gasteiger partial charge in [0.25, 0.3) is 12.3 Å². The van der Waals surface area contributed by atoms with E-state index in [1.54, 1.807) is 26.1 Å². The van der Waals surface area contributed by atoms with E-state index in [-0.39, 0.29) is 0 Å². The lowest BCUT2D eigenvalue weighted by Crippen LogP contribution is -2.58. The van der Waals surface area contributed by atoms with Crippen LogP contribution in [-0.4, -0.2) is 29.9 Å². The molecule has 0 saturated heterocycles. The molecule has 4 nitrogen and oxygen atoms in total. The van der Waals surface area contributed by atoms with E-state index in [1.165, 1.54) is 17.3 Å². The van der Waals surface area contributed by atoms with Gasteiger partial charge in [0.1, 0.15) is 0 Å². The number of nitrogens with one attached hydrogen (secondary N) is 2. The van der Waals surface area contributed by atoms with Gasteiger partial charge in [0.15, 0.2) is 5.54 Å². The molecule has 0 spiro atoms. The maximum Gasteiger partial charge on any atom is 0.270 e. The number of amides is 1. The van der Waals surface area contributed by atoms with Gasteiger partial charge in [-0.15, -0.1) is 5.92 Å². The molecule has 1 unspecified atom stereocenters. The molecule has 0 aromatic heterocycles. The van der Waals surface area contributed by atoms with Gasteiger partial charge in [0.05, 0.1) is 0 Å². The molecule has 27 heavy (non-hydrogen) atoms. The molecule has 1 amide bonds. The van der Waals surface area contributed by atoms with Crippen LogP contribution in [0.1, 0.15) is 12.5 Å². The zero-order valence-corrected chi connectivity index (χ0v) is 15.0. The summed E-state index contributed by atoms with van der Waals surface area (Å²) < 4.78 is 27.3. The Morgan fingerprint density at radius 1 is 1.19 bits per heavy atom. The van der Waals surface area contributed by atoms with Crippen LogP contribution in [0.4, 0.5) is 14.5 Å². The van der Waals surface area contributed by atoms with E-state index in [9.17, 15) is 13.6 Å². The van der Waals surface area contributed by atoms with E-state index in [0.717, 1.165) is 16.7 Å². The number of nitrogens with zero attached hydrogens (tertiary/aromatic N) is 1. The van der Waals surface area contributed by atoms with Crippen LogP contribution in [-0.2, 0) is 4.79 Å². The Balaban J connectivity index is 1.91. The van der Waals surface area contributed by atoms with Gasteiger partial charge in [-0.3, -0.25) is 4.79 Å². The lowest BCUT2D eigenvalue weighted by molar-refractivity contribution is -0.127. The first-order valence-corrected chi connectivity index (χ1v) is 8.38. The number of hydrazine groups is 1. The van der Waals surface area contributed by atoms with Gasteiger partial charge in [-0.25, -0.2) is 14.2 Å². The molecule has 2 aromatic rings. The van der Waals surface area contributed by atoms with Crippen LogP contribution in [0.25, 0.3) is 11.1 Å². The smallest absolute Gasteiger partial charge is 0.270 e. The summed E-state index contributed by atoms with van der Waals surface area (Å²) in [5.41, 5.74) is 3.35. The maximum atomic E-state index is 13.6. The fourth-order valence-electron chi connectivity index (χ4n) is 2.89. The third kappa shape index (κ3) is 3.69. The van der Waals surface area contributed by atoms with Crippen molar-refractivity contribution in [1.29, 1.82) is 0 Å². The summed E-state index contributed by atoms with van der Waals surface area (Å²) in [5.74, 6) is 4.98. The highest BCUT2D eigenvalue weighted by molar-refractivity contribution is 6.03. The number of carbonyl (C=O) groups is 1. The van der Waals surface area contributed by atoms with Crippen molar-refractivity contribution in [2.24, 2.45) is 0 Å². The quantitative estimate of drug-likeness (QED) is 0.811. The Hall–Kier alpha value is -3.17. The number of alkyl halides is 2. The van der Waals surface area contributed by atoms with Crippen LogP contribution in [0.2, 0.25) is 0 Å². The highest BCUT2D eigenvalue weighted by Gasteiger charge is 2.48. The molecule has 0 fully saturated rings. The Morgan fingerprint density at radius 2 is 1.89 bits per heavy atom. The van der Waals surface area contributed by atoms with Crippen molar-refractivity contribution in [3.63, 3.8) is 0 Å². The van der Waals surface area contributed by atoms with Gasteiger partial charge in [0, 0.05) is 30.1 Å². The second-order valence-corrected chi connectivity index (χ2v) is 6.16. The number of halogens is 2. The number of carbonyl (C=O) groups excluding carboxylic acids is 1. The lowest BCUT2D eigenvalue weighted by Gasteiger charge is -2.28. The molecule has 0 radical (unpaired) electrons. The third-order valence-electron chi connectivity index (χ3n) is 4.28. The SMILES string of the molecule is CC#Cc1ccc(-c2ccccc2NC(=O)C2(C(F)F)C=CN(C)N2)cc1. The first kappa shape index (κ1) is 18.6. The summed E-state index contributed by atoms with van der Waals surface area (Å²) >= 11 is 0. The first-order valence-electron chi connectivity index (χ1n) is 8.38. The van der Waals surface area contributed by atoms with Gasteiger partial charge < -0.3 is 10.3 Å². The molecule has 0 bridgehead atoms. The van der Waals surface area contributed by atoms with Crippen molar-refractivity contribution in [3.8, 4) is 23.0 Å². The minimum atomic E-state index is -2.90. The molecule has 0 aliphatic carbocycles. The highest BCUT2D eigenvalue weighted by Crippen LogP contribution is 2.30. The fourth-order valence-corrected chi connectivity index (χ4v) is 2.89. The number of para-hydroxylation sites is 1. The van der Waals surface area contributed by atoms with Gasteiger partial charge in [-0.05, 0) is 36.8 Å². The summed E-state index contributed by atoms with van der Waals surface area (Å²) in [6.07, 6.45) is -0.323. The molecular formula is C21H19F2N3O. The van der Waals surface area contributed by atoms with Crippen LogP contribution in [0, 0.1) is 11.8 Å². The molecule has 6 heteroatoms. The highest BCUT2D eigenvalue weighted by atomic mass is 19.3. The topological polar surface area (TPSA) is 44.4 Å². The average Bonchev–Trinajstić information content (AvgIpc) is 3.07. The minimum Gasteiger partial charge on any atom is -0.323 e. The number of rotatable bonds is 4. The zero-order valence-electron chi connectivity index (χ0n) is 15.0. The molecule has 0 saturated carbocycles. The molecule has 2 aromatic carbocycles. The van der Waals surface area contributed by atoms with E-state index in [1.807, 2.05) is 36.4 Å². The second kappa shape index (κ2) is 7.60. The predicted octanol–water partition coefficient (Wildman–Crippen LogP) is 3.63. The van der Waals surface area contributed by atoms with Crippen LogP contribution in [0.5, 0.6) is 0 Å². The van der Waals surface area contributed by atoms with E-state index in [4.69, 9.17) is 0 Å². The van der Waals surface area contributed by atoms with Crippen LogP contribution >= 0.6 is 0 Å². The van der Waals surface area contributed by atoms with Crippen molar-refractivity contribution < 1.29 is 13.6 Å². The van der Waals surface area contributed by atoms with Gasteiger partial charge >= 0.3 is 0 Å². The van der Waals surface area contributed by atoms with Gasteiger partial charge in [-0.2, -0.15) is 0 Å². The van der Waals surface area contributed by atoms with Crippen LogP contribution in [0.3, 0.4) is 0 Å². The Morgan fingerprint density at radius 3 is 2.48 bits per heavy atom. The molecule has 3 rings (SSSR count). The molecule has 1 heterocycles. The molecular weight excluding hydrogens is 348 g/mol. The molecule has 1 atom stereocenters. The van der Waals surface area contributed by atoms with Gasteiger partial charge in [0.2, 0.25) is 0 Å². The summed E-state index contributed by atoms with van der Waals surface area (Å²) in [4.78, 5) is 12.7. The van der Waals surface area contributed by atoms with Crippen molar-refractivity contribution in [1.82, 2.24) is 10.4 Å². The van der Waals surface area contributed by atoms with Crippen molar-refractivity contribution in [2.75, 3.05) is 12.4 Å². The summed E-state index contributed by atoms with van der Waals surface area (Å²) in [6.45, 7) is 1.76. The number of hydrogen-bond acceptors (Lipinski definition) is 3. The van der Waals surface area contributed by atoms with Crippen LogP contribution in [0.15, 0.2) is 60.8 Å². The fraction of sp³-hybridized carbons (Fsp3) is 0.190. The van der Waals surface area contributed by atoms with Crippen molar-refractivity contribution in [2.45, 2.75) is 18.9 Å². The largest absolute Gasteiger partial charge is 0.323 e. The van der Waals surface area contributed by atoms with Crippen LogP contribution < -0.4 is 10.7 Å². The average molecular weight is 367 g/mol. The third-order valence-corrected chi connectivity index (χ3v) is 4.28.